The number of hydrogen-bond acceptors (Lipinski definition) is 5. The first-order chi connectivity index (χ1) is 10.3. The van der Waals surface area contributed by atoms with E-state index in [0.717, 1.165) is 0 Å². The van der Waals surface area contributed by atoms with Crippen LogP contribution in [0.1, 0.15) is 16.1 Å². The number of nitrogens with one attached hydrogen (secondary N) is 1. The highest BCUT2D eigenvalue weighted by Gasteiger charge is 2.35. The van der Waals surface area contributed by atoms with Gasteiger partial charge in [-0.1, -0.05) is 5.16 Å². The minimum Gasteiger partial charge on any atom is -0.361 e. The lowest BCUT2D eigenvalue weighted by Gasteiger charge is -2.13. The average Bonchev–Trinajstić information content (AvgIpc) is 2.97. The van der Waals surface area contributed by atoms with Crippen molar-refractivity contribution in [2.24, 2.45) is 0 Å². The van der Waals surface area contributed by atoms with Gasteiger partial charge in [-0.2, -0.15) is 8.42 Å². The Kier molecular flexibility index (Phi) is 3.10. The molecule has 0 fully saturated rings. The van der Waals surface area contributed by atoms with Crippen LogP contribution < -0.4 is 13.9 Å². The monoisotopic (exact) mass is 322 g/mol. The Morgan fingerprint density at radius 2 is 1.91 bits per heavy atom. The second-order valence-electron chi connectivity index (χ2n) is 4.90. The molecule has 0 saturated carbocycles. The summed E-state index contributed by atoms with van der Waals surface area (Å²) in [6.07, 6.45) is 1.34. The number of carbonyl (C=O) groups excluding carboxylic acids is 1. The van der Waals surface area contributed by atoms with Gasteiger partial charge in [-0.15, -0.1) is 0 Å². The van der Waals surface area contributed by atoms with Gasteiger partial charge in [-0.25, -0.2) is 0 Å². The molecule has 0 unspecified atom stereocenters. The molecule has 2 heterocycles. The summed E-state index contributed by atoms with van der Waals surface area (Å²) in [6, 6.07) is 4.90. The van der Waals surface area contributed by atoms with Crippen molar-refractivity contribution in [1.82, 2.24) is 5.16 Å². The standard InChI is InChI=1S/C13H14N4O4S/c1-8-10(7-14-21-8)13(18)15-9-4-5-11-12(6-9)17(3)22(19,20)16(11)2/h4-7H,1-3H3,(H,15,18). The Morgan fingerprint density at radius 3 is 2.55 bits per heavy atom. The maximum absolute atomic E-state index is 12.1. The fourth-order valence-electron chi connectivity index (χ4n) is 2.27. The zero-order valence-corrected chi connectivity index (χ0v) is 13.0. The van der Waals surface area contributed by atoms with Crippen LogP contribution in [0.4, 0.5) is 17.1 Å². The van der Waals surface area contributed by atoms with Crippen LogP contribution in [-0.4, -0.2) is 33.6 Å². The van der Waals surface area contributed by atoms with Gasteiger partial charge in [-0.3, -0.25) is 13.4 Å². The summed E-state index contributed by atoms with van der Waals surface area (Å²) in [5, 5.41) is 6.25. The van der Waals surface area contributed by atoms with Crippen molar-refractivity contribution in [2.45, 2.75) is 6.92 Å². The van der Waals surface area contributed by atoms with Crippen LogP contribution in [0.15, 0.2) is 28.9 Å². The van der Waals surface area contributed by atoms with E-state index >= 15 is 0 Å². The highest BCUT2D eigenvalue weighted by molar-refractivity contribution is 7.94. The van der Waals surface area contributed by atoms with E-state index in [1.54, 1.807) is 25.1 Å². The third-order valence-electron chi connectivity index (χ3n) is 3.60. The number of amides is 1. The predicted molar refractivity (Wildman–Crippen MR) is 81.4 cm³/mol. The minimum absolute atomic E-state index is 0.332. The Hall–Kier alpha value is -2.55. The molecular formula is C13H14N4O4S. The summed E-state index contributed by atoms with van der Waals surface area (Å²) in [5.41, 5.74) is 1.88. The lowest BCUT2D eigenvalue weighted by atomic mass is 10.2. The van der Waals surface area contributed by atoms with Gasteiger partial charge >= 0.3 is 10.2 Å². The maximum Gasteiger partial charge on any atom is 0.326 e. The molecule has 0 aliphatic carbocycles. The zero-order chi connectivity index (χ0) is 16.1. The summed E-state index contributed by atoms with van der Waals surface area (Å²) < 4.78 is 31.3. The van der Waals surface area contributed by atoms with Crippen LogP contribution in [0.3, 0.4) is 0 Å². The maximum atomic E-state index is 12.1. The number of rotatable bonds is 2. The highest BCUT2D eigenvalue weighted by Crippen LogP contribution is 2.40. The number of aryl methyl sites for hydroxylation is 1. The second kappa shape index (κ2) is 4.73. The van der Waals surface area contributed by atoms with Gasteiger partial charge in [0.2, 0.25) is 0 Å². The van der Waals surface area contributed by atoms with E-state index in [1.807, 2.05) is 0 Å². The molecule has 0 spiro atoms. The molecule has 2 aromatic rings. The lowest BCUT2D eigenvalue weighted by molar-refractivity contribution is 0.102. The van der Waals surface area contributed by atoms with Crippen LogP contribution in [-0.2, 0) is 10.2 Å². The fourth-order valence-corrected chi connectivity index (χ4v) is 3.43. The van der Waals surface area contributed by atoms with Gasteiger partial charge in [0, 0.05) is 19.8 Å². The topological polar surface area (TPSA) is 95.7 Å². The molecule has 1 aromatic carbocycles. The number of benzene rings is 1. The molecule has 1 amide bonds. The van der Waals surface area contributed by atoms with Crippen molar-refractivity contribution in [3.8, 4) is 0 Å². The van der Waals surface area contributed by atoms with Crippen LogP contribution in [0, 0.1) is 6.92 Å². The number of anilines is 3. The van der Waals surface area contributed by atoms with Crippen molar-refractivity contribution in [1.29, 1.82) is 0 Å². The van der Waals surface area contributed by atoms with Gasteiger partial charge in [-0.05, 0) is 25.1 Å². The second-order valence-corrected chi connectivity index (χ2v) is 6.89. The van der Waals surface area contributed by atoms with Crippen LogP contribution >= 0.6 is 0 Å². The van der Waals surface area contributed by atoms with Crippen molar-refractivity contribution in [3.63, 3.8) is 0 Å². The van der Waals surface area contributed by atoms with Crippen LogP contribution in [0.25, 0.3) is 0 Å². The van der Waals surface area contributed by atoms with Crippen LogP contribution in [0.5, 0.6) is 0 Å². The predicted octanol–water partition coefficient (Wildman–Crippen LogP) is 1.37. The van der Waals surface area contributed by atoms with Crippen LogP contribution in [0.2, 0.25) is 0 Å². The lowest BCUT2D eigenvalue weighted by Crippen LogP contribution is -2.32. The van der Waals surface area contributed by atoms with Gasteiger partial charge in [0.1, 0.15) is 11.3 Å². The SMILES string of the molecule is Cc1oncc1C(=O)Nc1ccc2c(c1)N(C)S(=O)(=O)N2C. The van der Waals surface area contributed by atoms with Crippen molar-refractivity contribution < 1.29 is 17.7 Å². The number of fused-ring (bicyclic) bond motifs is 1. The zero-order valence-electron chi connectivity index (χ0n) is 12.2. The van der Waals surface area contributed by atoms with E-state index < -0.39 is 10.2 Å². The Bertz CT molecular complexity index is 859. The molecule has 0 saturated heterocycles. The summed E-state index contributed by atoms with van der Waals surface area (Å²) >= 11 is 0. The molecule has 116 valence electrons. The van der Waals surface area contributed by atoms with Crippen molar-refractivity contribution in [3.05, 3.63) is 35.7 Å². The van der Waals surface area contributed by atoms with E-state index in [-0.39, 0.29) is 5.91 Å². The number of hydrogen-bond donors (Lipinski definition) is 1. The van der Waals surface area contributed by atoms with E-state index in [9.17, 15) is 13.2 Å². The first kappa shape index (κ1) is 14.4. The molecule has 1 aliphatic rings. The quantitative estimate of drug-likeness (QED) is 0.901. The van der Waals surface area contributed by atoms with E-state index in [1.165, 1.54) is 28.9 Å². The molecule has 8 nitrogen and oxygen atoms in total. The molecule has 3 rings (SSSR count). The molecule has 1 N–H and O–H groups in total. The molecule has 0 atom stereocenters. The molecule has 1 aromatic heterocycles. The first-order valence-corrected chi connectivity index (χ1v) is 7.81. The smallest absolute Gasteiger partial charge is 0.326 e. The Labute approximate surface area is 127 Å². The van der Waals surface area contributed by atoms with Crippen molar-refractivity contribution in [2.75, 3.05) is 28.0 Å². The Morgan fingerprint density at radius 1 is 1.23 bits per heavy atom. The molecule has 9 heteroatoms. The highest BCUT2D eigenvalue weighted by atomic mass is 32.2. The van der Waals surface area contributed by atoms with Gasteiger partial charge in [0.25, 0.3) is 5.91 Å². The molecule has 0 radical (unpaired) electrons. The number of carbonyl (C=O) groups is 1. The fraction of sp³-hybridized carbons (Fsp3) is 0.231. The van der Waals surface area contributed by atoms with Crippen molar-refractivity contribution >= 4 is 33.2 Å². The third kappa shape index (κ3) is 2.01. The van der Waals surface area contributed by atoms with Gasteiger partial charge < -0.3 is 9.84 Å². The largest absolute Gasteiger partial charge is 0.361 e. The summed E-state index contributed by atoms with van der Waals surface area (Å²) in [5.74, 6) is 0.0497. The molecule has 0 bridgehead atoms. The van der Waals surface area contributed by atoms with E-state index in [4.69, 9.17) is 4.52 Å². The molecular weight excluding hydrogens is 308 g/mol. The minimum atomic E-state index is -3.53. The van der Waals surface area contributed by atoms with Gasteiger partial charge in [0.15, 0.2) is 0 Å². The number of aromatic nitrogens is 1. The third-order valence-corrected chi connectivity index (χ3v) is 5.38. The molecule has 22 heavy (non-hydrogen) atoms. The van der Waals surface area contributed by atoms with E-state index in [2.05, 4.69) is 10.5 Å². The van der Waals surface area contributed by atoms with E-state index in [0.29, 0.717) is 28.4 Å². The van der Waals surface area contributed by atoms with Gasteiger partial charge in [0.05, 0.1) is 17.6 Å². The molecule has 1 aliphatic heterocycles. The number of nitrogens with zero attached hydrogens (tertiary/aromatic N) is 3. The normalized spacial score (nSPS) is 15.8. The Balaban J connectivity index is 1.92. The first-order valence-electron chi connectivity index (χ1n) is 6.42. The summed E-state index contributed by atoms with van der Waals surface area (Å²) in [4.78, 5) is 12.1. The summed E-state index contributed by atoms with van der Waals surface area (Å²) in [7, 11) is -0.581. The average molecular weight is 322 g/mol. The summed E-state index contributed by atoms with van der Waals surface area (Å²) in [6.45, 7) is 1.64.